The summed E-state index contributed by atoms with van der Waals surface area (Å²) in [4.78, 5) is 29.4. The normalized spacial score (nSPS) is 10.5. The van der Waals surface area contributed by atoms with E-state index in [-0.39, 0.29) is 11.5 Å². The molecule has 2 rings (SSSR count). The molecule has 22 heavy (non-hydrogen) atoms. The largest absolute Gasteiger partial charge is 0.478 e. The highest BCUT2D eigenvalue weighted by molar-refractivity contribution is 5.99. The number of aryl methyl sites for hydroxylation is 1. The van der Waals surface area contributed by atoms with Crippen LogP contribution in [0, 0.1) is 6.92 Å². The molecule has 0 bridgehead atoms. The molecule has 6 nitrogen and oxygen atoms in total. The Bertz CT molecular complexity index is 706. The first-order valence-corrected chi connectivity index (χ1v) is 7.03. The average Bonchev–Trinajstić information content (AvgIpc) is 2.93. The predicted molar refractivity (Wildman–Crippen MR) is 81.8 cm³/mol. The van der Waals surface area contributed by atoms with Gasteiger partial charge in [-0.05, 0) is 31.5 Å². The van der Waals surface area contributed by atoms with Gasteiger partial charge in [-0.15, -0.1) is 0 Å². The van der Waals surface area contributed by atoms with Gasteiger partial charge in [-0.1, -0.05) is 6.07 Å². The lowest BCUT2D eigenvalue weighted by Gasteiger charge is -2.19. The molecule has 0 saturated heterocycles. The number of amides is 1. The average molecular weight is 301 g/mol. The Morgan fingerprint density at radius 1 is 1.32 bits per heavy atom. The van der Waals surface area contributed by atoms with Gasteiger partial charge in [0.15, 0.2) is 0 Å². The first-order valence-electron chi connectivity index (χ1n) is 7.03. The number of benzene rings is 1. The van der Waals surface area contributed by atoms with Crippen LogP contribution in [0.5, 0.6) is 0 Å². The van der Waals surface area contributed by atoms with E-state index in [0.717, 1.165) is 12.2 Å². The molecular formula is C16H19N3O3. The Kier molecular flexibility index (Phi) is 4.60. The van der Waals surface area contributed by atoms with E-state index in [0.29, 0.717) is 17.7 Å². The quantitative estimate of drug-likeness (QED) is 0.918. The maximum absolute atomic E-state index is 12.6. The van der Waals surface area contributed by atoms with Crippen LogP contribution in [0.1, 0.15) is 38.9 Å². The van der Waals surface area contributed by atoms with Crippen molar-refractivity contribution in [3.8, 4) is 0 Å². The van der Waals surface area contributed by atoms with E-state index < -0.39 is 5.97 Å². The maximum atomic E-state index is 12.6. The lowest BCUT2D eigenvalue weighted by Crippen LogP contribution is -2.28. The summed E-state index contributed by atoms with van der Waals surface area (Å²) in [5.74, 6) is -1.23. The molecule has 0 aliphatic heterocycles. The molecular weight excluding hydrogens is 282 g/mol. The van der Waals surface area contributed by atoms with Crippen LogP contribution in [0.3, 0.4) is 0 Å². The third-order valence-electron chi connectivity index (χ3n) is 3.68. The molecule has 1 aromatic heterocycles. The summed E-state index contributed by atoms with van der Waals surface area (Å²) in [5.41, 5.74) is 1.98. The van der Waals surface area contributed by atoms with Gasteiger partial charge in [-0.25, -0.2) is 9.78 Å². The van der Waals surface area contributed by atoms with Gasteiger partial charge < -0.3 is 14.6 Å². The number of hydrogen-bond acceptors (Lipinski definition) is 3. The first-order chi connectivity index (χ1) is 10.5. The molecule has 0 aliphatic rings. The Morgan fingerprint density at radius 3 is 2.64 bits per heavy atom. The Morgan fingerprint density at radius 2 is 2.00 bits per heavy atom. The summed E-state index contributed by atoms with van der Waals surface area (Å²) in [6.45, 7) is 4.86. The second kappa shape index (κ2) is 6.43. The van der Waals surface area contributed by atoms with Crippen LogP contribution in [0.2, 0.25) is 0 Å². The van der Waals surface area contributed by atoms with E-state index in [1.807, 2.05) is 11.5 Å². The van der Waals surface area contributed by atoms with E-state index in [1.165, 1.54) is 6.07 Å². The van der Waals surface area contributed by atoms with Gasteiger partial charge in [-0.3, -0.25) is 4.79 Å². The molecule has 0 fully saturated rings. The summed E-state index contributed by atoms with van der Waals surface area (Å²) >= 11 is 0. The number of hydrogen-bond donors (Lipinski definition) is 1. The third-order valence-corrected chi connectivity index (χ3v) is 3.68. The molecule has 1 N–H and O–H groups in total. The number of aromatic nitrogens is 2. The molecule has 6 heteroatoms. The van der Waals surface area contributed by atoms with Crippen molar-refractivity contribution in [2.45, 2.75) is 26.9 Å². The van der Waals surface area contributed by atoms with Crippen molar-refractivity contribution < 1.29 is 14.7 Å². The summed E-state index contributed by atoms with van der Waals surface area (Å²) < 4.78 is 1.96. The number of nitrogens with zero attached hydrogens (tertiary/aromatic N) is 3. The molecule has 0 spiro atoms. The zero-order valence-corrected chi connectivity index (χ0v) is 12.9. The van der Waals surface area contributed by atoms with Crippen LogP contribution in [0.25, 0.3) is 0 Å². The number of carboxylic acid groups (broad SMARTS) is 1. The molecule has 116 valence electrons. The van der Waals surface area contributed by atoms with Crippen LogP contribution in [-0.2, 0) is 13.1 Å². The van der Waals surface area contributed by atoms with Crippen molar-refractivity contribution in [1.29, 1.82) is 0 Å². The zero-order valence-electron chi connectivity index (χ0n) is 12.9. The van der Waals surface area contributed by atoms with E-state index in [1.54, 1.807) is 43.5 Å². The van der Waals surface area contributed by atoms with Gasteiger partial charge >= 0.3 is 5.97 Å². The fraction of sp³-hybridized carbons (Fsp3) is 0.312. The first kappa shape index (κ1) is 15.8. The molecule has 0 atom stereocenters. The van der Waals surface area contributed by atoms with Gasteiger partial charge in [0.25, 0.3) is 5.91 Å². The number of carboxylic acids is 1. The van der Waals surface area contributed by atoms with E-state index >= 15 is 0 Å². The van der Waals surface area contributed by atoms with E-state index in [4.69, 9.17) is 5.11 Å². The van der Waals surface area contributed by atoms with Crippen molar-refractivity contribution >= 4 is 11.9 Å². The van der Waals surface area contributed by atoms with Crippen molar-refractivity contribution in [2.24, 2.45) is 0 Å². The van der Waals surface area contributed by atoms with Crippen LogP contribution in [0.15, 0.2) is 30.7 Å². The van der Waals surface area contributed by atoms with E-state index in [2.05, 4.69) is 4.98 Å². The second-order valence-electron chi connectivity index (χ2n) is 5.12. The molecule has 1 amide bonds. The van der Waals surface area contributed by atoms with E-state index in [9.17, 15) is 9.59 Å². The minimum absolute atomic E-state index is 0.151. The van der Waals surface area contributed by atoms with Gasteiger partial charge in [-0.2, -0.15) is 0 Å². The summed E-state index contributed by atoms with van der Waals surface area (Å²) in [5, 5.41) is 9.15. The minimum atomic E-state index is -1.03. The molecule has 0 radical (unpaired) electrons. The summed E-state index contributed by atoms with van der Waals surface area (Å²) in [6, 6.07) is 4.74. The molecule has 2 aromatic rings. The smallest absolute Gasteiger partial charge is 0.335 e. The van der Waals surface area contributed by atoms with Crippen molar-refractivity contribution in [3.63, 3.8) is 0 Å². The standard InChI is InChI=1S/C16H19N3O3/c1-4-19-10-17-8-12(19)9-18(3)15(20)13-6-5-7-14(11(13)2)16(21)22/h5-8,10H,4,9H2,1-3H3,(H,21,22). The van der Waals surface area contributed by atoms with Gasteiger partial charge in [0.1, 0.15) is 0 Å². The highest BCUT2D eigenvalue weighted by Crippen LogP contribution is 2.16. The van der Waals surface area contributed by atoms with Crippen LogP contribution < -0.4 is 0 Å². The van der Waals surface area contributed by atoms with Gasteiger partial charge in [0.05, 0.1) is 24.1 Å². The van der Waals surface area contributed by atoms with Crippen molar-refractivity contribution in [3.05, 3.63) is 53.1 Å². The van der Waals surface area contributed by atoms with Crippen LogP contribution in [0.4, 0.5) is 0 Å². The molecule has 1 aromatic carbocycles. The van der Waals surface area contributed by atoms with Gasteiger partial charge in [0.2, 0.25) is 0 Å². The minimum Gasteiger partial charge on any atom is -0.478 e. The molecule has 0 saturated carbocycles. The lowest BCUT2D eigenvalue weighted by molar-refractivity contribution is 0.0696. The molecule has 0 aliphatic carbocycles. The molecule has 0 unspecified atom stereocenters. The summed E-state index contributed by atoms with van der Waals surface area (Å²) in [6.07, 6.45) is 3.46. The Labute approximate surface area is 129 Å². The third kappa shape index (κ3) is 3.00. The van der Waals surface area contributed by atoms with Crippen LogP contribution >= 0.6 is 0 Å². The fourth-order valence-electron chi connectivity index (χ4n) is 2.38. The highest BCUT2D eigenvalue weighted by atomic mass is 16.4. The van der Waals surface area contributed by atoms with Gasteiger partial charge in [0, 0.05) is 25.4 Å². The maximum Gasteiger partial charge on any atom is 0.335 e. The zero-order chi connectivity index (χ0) is 16.3. The highest BCUT2D eigenvalue weighted by Gasteiger charge is 2.19. The monoisotopic (exact) mass is 301 g/mol. The predicted octanol–water partition coefficient (Wildman–Crippen LogP) is 2.18. The Hall–Kier alpha value is -2.63. The molecule has 1 heterocycles. The fourth-order valence-corrected chi connectivity index (χ4v) is 2.38. The Balaban J connectivity index is 2.24. The number of carbonyl (C=O) groups is 2. The number of carbonyl (C=O) groups excluding carboxylic acids is 1. The SMILES string of the molecule is CCn1cncc1CN(C)C(=O)c1cccc(C(=O)O)c1C. The second-order valence-corrected chi connectivity index (χ2v) is 5.12. The number of rotatable bonds is 5. The number of aromatic carboxylic acids is 1. The van der Waals surface area contributed by atoms with Crippen LogP contribution in [-0.4, -0.2) is 38.5 Å². The van der Waals surface area contributed by atoms with Crippen molar-refractivity contribution in [2.75, 3.05) is 7.05 Å². The lowest BCUT2D eigenvalue weighted by atomic mass is 10.0. The topological polar surface area (TPSA) is 75.4 Å². The van der Waals surface area contributed by atoms with Crippen molar-refractivity contribution in [1.82, 2.24) is 14.5 Å². The summed E-state index contributed by atoms with van der Waals surface area (Å²) in [7, 11) is 1.70. The number of imidazole rings is 1.